The van der Waals surface area contributed by atoms with Gasteiger partial charge in [0.05, 0.1) is 16.2 Å². The molecule has 4 rings (SSSR count). The first-order valence-corrected chi connectivity index (χ1v) is 13.4. The summed E-state index contributed by atoms with van der Waals surface area (Å²) in [4.78, 5) is 27.1. The van der Waals surface area contributed by atoms with Gasteiger partial charge in [-0.3, -0.25) is 9.59 Å². The van der Waals surface area contributed by atoms with Gasteiger partial charge in [-0.25, -0.2) is 8.42 Å². The Labute approximate surface area is 197 Å². The third-order valence-corrected chi connectivity index (χ3v) is 9.23. The van der Waals surface area contributed by atoms with Crippen LogP contribution in [0.4, 0.5) is 5.69 Å². The summed E-state index contributed by atoms with van der Waals surface area (Å²) in [5.41, 5.74) is 2.11. The SMILES string of the molecule is CN1C(=O)C(C)(C)c2cc(S(=O)(=O)N3CCCC(C(=O)NCCC4=CCCCC4)C3)ccc21. The Bertz CT molecular complexity index is 1080. The van der Waals surface area contributed by atoms with Crippen molar-refractivity contribution in [2.45, 2.75) is 69.1 Å². The van der Waals surface area contributed by atoms with E-state index < -0.39 is 15.4 Å². The van der Waals surface area contributed by atoms with E-state index in [9.17, 15) is 18.0 Å². The molecule has 1 aliphatic carbocycles. The number of allylic oxidation sites excluding steroid dienone is 1. The second-order valence-electron chi connectivity index (χ2n) is 10.0. The summed E-state index contributed by atoms with van der Waals surface area (Å²) in [5.74, 6) is -0.452. The van der Waals surface area contributed by atoms with Gasteiger partial charge in [-0.1, -0.05) is 11.6 Å². The van der Waals surface area contributed by atoms with Crippen LogP contribution < -0.4 is 10.2 Å². The molecule has 1 atom stereocenters. The number of nitrogens with one attached hydrogen (secondary N) is 1. The molecule has 0 radical (unpaired) electrons. The molecule has 7 nitrogen and oxygen atoms in total. The van der Waals surface area contributed by atoms with Crippen molar-refractivity contribution in [2.75, 3.05) is 31.6 Å². The molecule has 2 aliphatic heterocycles. The van der Waals surface area contributed by atoms with Gasteiger partial charge in [0, 0.05) is 32.4 Å². The second kappa shape index (κ2) is 9.22. The van der Waals surface area contributed by atoms with Gasteiger partial charge in [0.15, 0.2) is 0 Å². The number of hydrogen-bond donors (Lipinski definition) is 1. The van der Waals surface area contributed by atoms with Gasteiger partial charge in [0.2, 0.25) is 21.8 Å². The maximum atomic E-state index is 13.4. The lowest BCUT2D eigenvalue weighted by molar-refractivity contribution is -0.126. The lowest BCUT2D eigenvalue weighted by Crippen LogP contribution is -2.45. The predicted octanol–water partition coefficient (Wildman–Crippen LogP) is 3.35. The number of sulfonamides is 1. The lowest BCUT2D eigenvalue weighted by Gasteiger charge is -2.31. The number of fused-ring (bicyclic) bond motifs is 1. The summed E-state index contributed by atoms with van der Waals surface area (Å²) < 4.78 is 28.3. The number of anilines is 1. The number of rotatable bonds is 6. The molecule has 8 heteroatoms. The van der Waals surface area contributed by atoms with Gasteiger partial charge in [-0.05, 0) is 82.6 Å². The quantitative estimate of drug-likeness (QED) is 0.642. The molecule has 33 heavy (non-hydrogen) atoms. The van der Waals surface area contributed by atoms with E-state index in [1.54, 1.807) is 30.1 Å². The number of hydrogen-bond acceptors (Lipinski definition) is 4. The third kappa shape index (κ3) is 4.60. The van der Waals surface area contributed by atoms with E-state index in [0.717, 1.165) is 30.5 Å². The van der Waals surface area contributed by atoms with Crippen LogP contribution >= 0.6 is 0 Å². The summed E-state index contributed by atoms with van der Waals surface area (Å²) in [7, 11) is -2.05. The van der Waals surface area contributed by atoms with E-state index in [0.29, 0.717) is 25.9 Å². The van der Waals surface area contributed by atoms with E-state index >= 15 is 0 Å². The van der Waals surface area contributed by atoms with Crippen LogP contribution in [0.5, 0.6) is 0 Å². The monoisotopic (exact) mass is 473 g/mol. The Hall–Kier alpha value is -2.19. The number of amides is 2. The van der Waals surface area contributed by atoms with Crippen LogP contribution in [-0.2, 0) is 25.0 Å². The molecular weight excluding hydrogens is 438 g/mol. The normalized spacial score (nSPS) is 23.2. The highest BCUT2D eigenvalue weighted by molar-refractivity contribution is 7.89. The zero-order valence-corrected chi connectivity index (χ0v) is 20.7. The van der Waals surface area contributed by atoms with Gasteiger partial charge in [0.1, 0.15) is 0 Å². The molecule has 1 N–H and O–H groups in total. The number of carbonyl (C=O) groups excluding carboxylic acids is 2. The first-order valence-electron chi connectivity index (χ1n) is 12.0. The zero-order chi connectivity index (χ0) is 23.8. The molecular formula is C25H35N3O4S. The lowest BCUT2D eigenvalue weighted by atomic mass is 9.86. The van der Waals surface area contributed by atoms with E-state index in [-0.39, 0.29) is 29.2 Å². The standard InChI is InChI=1S/C25H35N3O4S/c1-25(2)21-16-20(11-12-22(21)27(3)24(25)30)33(31,32)28-15-7-10-19(17-28)23(29)26-14-13-18-8-5-4-6-9-18/h8,11-12,16,19H,4-7,9-10,13-15,17H2,1-3H3,(H,26,29). The van der Waals surface area contributed by atoms with Crippen molar-refractivity contribution in [2.24, 2.45) is 5.92 Å². The number of piperidine rings is 1. The Morgan fingerprint density at radius 3 is 2.73 bits per heavy atom. The maximum Gasteiger partial charge on any atom is 0.243 e. The van der Waals surface area contributed by atoms with Crippen LogP contribution in [-0.4, -0.2) is 51.2 Å². The second-order valence-corrected chi connectivity index (χ2v) is 12.0. The summed E-state index contributed by atoms with van der Waals surface area (Å²) in [5, 5.41) is 3.02. The third-order valence-electron chi connectivity index (χ3n) is 7.37. The van der Waals surface area contributed by atoms with Crippen molar-refractivity contribution in [3.63, 3.8) is 0 Å². The van der Waals surface area contributed by atoms with Crippen molar-refractivity contribution < 1.29 is 18.0 Å². The van der Waals surface area contributed by atoms with Crippen molar-refractivity contribution in [1.82, 2.24) is 9.62 Å². The van der Waals surface area contributed by atoms with E-state index in [2.05, 4.69) is 11.4 Å². The molecule has 3 aliphatic rings. The fourth-order valence-corrected chi connectivity index (χ4v) is 6.81. The minimum absolute atomic E-state index is 0.0502. The summed E-state index contributed by atoms with van der Waals surface area (Å²) in [6.07, 6.45) is 9.22. The minimum Gasteiger partial charge on any atom is -0.356 e. The van der Waals surface area contributed by atoms with E-state index in [1.807, 2.05) is 13.8 Å². The van der Waals surface area contributed by atoms with E-state index in [1.165, 1.54) is 22.7 Å². The highest BCUT2D eigenvalue weighted by Gasteiger charge is 2.43. The number of carbonyl (C=O) groups is 2. The first-order chi connectivity index (χ1) is 15.6. The highest BCUT2D eigenvalue weighted by Crippen LogP contribution is 2.42. The van der Waals surface area contributed by atoms with Crippen molar-refractivity contribution in [1.29, 1.82) is 0 Å². The molecule has 1 aromatic rings. The molecule has 0 spiro atoms. The summed E-state index contributed by atoms with van der Waals surface area (Å²) in [6, 6.07) is 4.91. The Morgan fingerprint density at radius 1 is 1.21 bits per heavy atom. The summed E-state index contributed by atoms with van der Waals surface area (Å²) >= 11 is 0. The zero-order valence-electron chi connectivity index (χ0n) is 19.9. The average molecular weight is 474 g/mol. The molecule has 0 bridgehead atoms. The predicted molar refractivity (Wildman–Crippen MR) is 129 cm³/mol. The number of nitrogens with zero attached hydrogens (tertiary/aromatic N) is 2. The van der Waals surface area contributed by atoms with Crippen LogP contribution in [0.1, 0.15) is 64.4 Å². The Kier molecular flexibility index (Phi) is 6.69. The largest absolute Gasteiger partial charge is 0.356 e. The van der Waals surface area contributed by atoms with E-state index in [4.69, 9.17) is 0 Å². The Morgan fingerprint density at radius 2 is 2.00 bits per heavy atom. The smallest absolute Gasteiger partial charge is 0.243 e. The van der Waals surface area contributed by atoms with Gasteiger partial charge in [0.25, 0.3) is 0 Å². The number of benzene rings is 1. The topological polar surface area (TPSA) is 86.8 Å². The molecule has 1 saturated heterocycles. The van der Waals surface area contributed by atoms with Crippen LogP contribution in [0, 0.1) is 5.92 Å². The minimum atomic E-state index is -3.76. The van der Waals surface area contributed by atoms with Crippen molar-refractivity contribution >= 4 is 27.5 Å². The molecule has 180 valence electrons. The van der Waals surface area contributed by atoms with Crippen LogP contribution in [0.15, 0.2) is 34.7 Å². The van der Waals surface area contributed by atoms with Crippen molar-refractivity contribution in [3.8, 4) is 0 Å². The fourth-order valence-electron chi connectivity index (χ4n) is 5.26. The molecule has 1 unspecified atom stereocenters. The maximum absolute atomic E-state index is 13.4. The number of likely N-dealkylation sites (N-methyl/N-ethyl adjacent to an activating group) is 1. The van der Waals surface area contributed by atoms with Gasteiger partial charge in [-0.2, -0.15) is 4.31 Å². The molecule has 1 aromatic carbocycles. The van der Waals surface area contributed by atoms with Gasteiger partial charge >= 0.3 is 0 Å². The average Bonchev–Trinajstić information content (AvgIpc) is 2.99. The molecule has 1 fully saturated rings. The van der Waals surface area contributed by atoms with Crippen molar-refractivity contribution in [3.05, 3.63) is 35.4 Å². The summed E-state index contributed by atoms with van der Waals surface area (Å²) in [6.45, 7) is 4.83. The fraction of sp³-hybridized carbons (Fsp3) is 0.600. The molecule has 0 aromatic heterocycles. The van der Waals surface area contributed by atoms with Crippen LogP contribution in [0.3, 0.4) is 0 Å². The Balaban J connectivity index is 1.43. The van der Waals surface area contributed by atoms with Gasteiger partial charge < -0.3 is 10.2 Å². The van der Waals surface area contributed by atoms with Gasteiger partial charge in [-0.15, -0.1) is 0 Å². The molecule has 2 amide bonds. The molecule has 0 saturated carbocycles. The van der Waals surface area contributed by atoms with Crippen LogP contribution in [0.2, 0.25) is 0 Å². The van der Waals surface area contributed by atoms with Crippen LogP contribution in [0.25, 0.3) is 0 Å². The highest BCUT2D eigenvalue weighted by atomic mass is 32.2. The first kappa shape index (κ1) is 24.0. The molecule has 2 heterocycles.